The smallest absolute Gasteiger partial charge is 0.359 e. The Bertz CT molecular complexity index is 1120. The quantitative estimate of drug-likeness (QED) is 0.449. The number of nitrogens with one attached hydrogen (secondary N) is 1. The van der Waals surface area contributed by atoms with E-state index in [1.807, 2.05) is 44.4 Å². The second-order valence-corrected chi connectivity index (χ2v) is 7.82. The second-order valence-electron chi connectivity index (χ2n) is 7.04. The molecule has 0 saturated heterocycles. The molecule has 0 bridgehead atoms. The Kier molecular flexibility index (Phi) is 6.96. The number of ether oxygens (including phenoxy) is 1. The molecule has 162 valence electrons. The van der Waals surface area contributed by atoms with Gasteiger partial charge in [0, 0.05) is 18.9 Å². The molecule has 1 N–H and O–H groups in total. The van der Waals surface area contributed by atoms with Crippen molar-refractivity contribution in [1.82, 2.24) is 14.3 Å². The van der Waals surface area contributed by atoms with Crippen molar-refractivity contribution in [2.45, 2.75) is 19.0 Å². The minimum absolute atomic E-state index is 0.146. The molecule has 0 aliphatic rings. The fraction of sp³-hybridized carbons (Fsp3) is 0.273. The van der Waals surface area contributed by atoms with Crippen molar-refractivity contribution in [2.24, 2.45) is 0 Å². The summed E-state index contributed by atoms with van der Waals surface area (Å²) in [5.74, 6) is -1.51. The number of hydrogen-bond acceptors (Lipinski definition) is 6. The van der Waals surface area contributed by atoms with Gasteiger partial charge in [0.15, 0.2) is 17.5 Å². The number of esters is 1. The first kappa shape index (κ1) is 22.4. The fourth-order valence-electron chi connectivity index (χ4n) is 3.10. The van der Waals surface area contributed by atoms with Crippen molar-refractivity contribution in [3.05, 3.63) is 59.4 Å². The van der Waals surface area contributed by atoms with E-state index in [9.17, 15) is 14.4 Å². The van der Waals surface area contributed by atoms with Crippen LogP contribution in [0, 0.1) is 13.8 Å². The average molecular weight is 441 g/mol. The lowest BCUT2D eigenvalue weighted by Gasteiger charge is -2.18. The number of aryl methyl sites for hydroxylation is 2. The zero-order valence-corrected chi connectivity index (χ0v) is 18.7. The summed E-state index contributed by atoms with van der Waals surface area (Å²) in [7, 11) is 1.48. The number of nitrogens with zero attached hydrogens (tertiary/aromatic N) is 3. The van der Waals surface area contributed by atoms with Gasteiger partial charge in [-0.15, -0.1) is 0 Å². The molecule has 9 heteroatoms. The van der Waals surface area contributed by atoms with E-state index >= 15 is 0 Å². The zero-order valence-electron chi connectivity index (χ0n) is 17.8. The number of anilines is 1. The van der Waals surface area contributed by atoms with Crippen LogP contribution in [0.3, 0.4) is 0 Å². The van der Waals surface area contributed by atoms with Crippen LogP contribution < -0.4 is 5.32 Å². The number of thioether (sulfide) groups is 1. The highest BCUT2D eigenvalue weighted by Crippen LogP contribution is 2.21. The Morgan fingerprint density at radius 2 is 1.84 bits per heavy atom. The first-order chi connectivity index (χ1) is 14.8. The van der Waals surface area contributed by atoms with E-state index in [-0.39, 0.29) is 18.1 Å². The number of likely N-dealkylation sites (N-methyl/N-ethyl adjacent to an activating group) is 1. The topological polar surface area (TPSA) is 93.0 Å². The Balaban J connectivity index is 1.58. The maximum Gasteiger partial charge on any atom is 0.359 e. The number of carbonyl (C=O) groups is 3. The van der Waals surface area contributed by atoms with E-state index in [1.165, 1.54) is 23.7 Å². The van der Waals surface area contributed by atoms with Crippen molar-refractivity contribution in [3.63, 3.8) is 0 Å². The van der Waals surface area contributed by atoms with Gasteiger partial charge in [-0.3, -0.25) is 14.0 Å². The number of imidazole rings is 1. The molecule has 3 rings (SSSR count). The lowest BCUT2D eigenvalue weighted by molar-refractivity contribution is -0.136. The van der Waals surface area contributed by atoms with Crippen LogP contribution in [0.2, 0.25) is 0 Å². The molecule has 0 radical (unpaired) electrons. The summed E-state index contributed by atoms with van der Waals surface area (Å²) >= 11 is 1.40. The van der Waals surface area contributed by atoms with E-state index in [4.69, 9.17) is 4.74 Å². The maximum atomic E-state index is 12.5. The number of hydrogen-bond donors (Lipinski definition) is 1. The van der Waals surface area contributed by atoms with Crippen LogP contribution in [0.1, 0.15) is 21.6 Å². The Morgan fingerprint density at radius 3 is 2.52 bits per heavy atom. The van der Waals surface area contributed by atoms with Crippen molar-refractivity contribution in [2.75, 3.05) is 31.8 Å². The number of carbonyl (C=O) groups excluding carboxylic acids is 3. The van der Waals surface area contributed by atoms with Crippen LogP contribution in [0.15, 0.2) is 47.8 Å². The molecule has 0 fully saturated rings. The molecule has 2 heterocycles. The lowest BCUT2D eigenvalue weighted by atomic mass is 10.1. The third-order valence-electron chi connectivity index (χ3n) is 4.77. The molecule has 2 aromatic heterocycles. The molecular formula is C22H24N4O4S. The van der Waals surface area contributed by atoms with Gasteiger partial charge in [-0.05, 0) is 43.4 Å². The van der Waals surface area contributed by atoms with Crippen LogP contribution in [-0.2, 0) is 14.3 Å². The molecule has 3 aromatic rings. The van der Waals surface area contributed by atoms with Gasteiger partial charge in [0.05, 0.1) is 12.1 Å². The monoisotopic (exact) mass is 440 g/mol. The van der Waals surface area contributed by atoms with Gasteiger partial charge in [-0.25, -0.2) is 9.78 Å². The largest absolute Gasteiger partial charge is 0.451 e. The summed E-state index contributed by atoms with van der Waals surface area (Å²) < 4.78 is 6.95. The SMILES string of the molecule is CSc1nc(C(=O)OCC(=O)N(C)CC(=O)Nc2c(C)cccc2C)c2ccccn12. The number of rotatable bonds is 7. The third-order valence-corrected chi connectivity index (χ3v) is 5.42. The van der Waals surface area contributed by atoms with Gasteiger partial charge in [-0.1, -0.05) is 36.0 Å². The zero-order chi connectivity index (χ0) is 22.5. The highest BCUT2D eigenvalue weighted by atomic mass is 32.2. The molecule has 0 spiro atoms. The lowest BCUT2D eigenvalue weighted by Crippen LogP contribution is -2.37. The van der Waals surface area contributed by atoms with Crippen molar-refractivity contribution in [1.29, 1.82) is 0 Å². The third kappa shape index (κ3) is 5.05. The van der Waals surface area contributed by atoms with Gasteiger partial charge in [-0.2, -0.15) is 0 Å². The molecule has 31 heavy (non-hydrogen) atoms. The second kappa shape index (κ2) is 9.65. The van der Waals surface area contributed by atoms with Crippen molar-refractivity contribution >= 4 is 40.7 Å². The Labute approximate surface area is 184 Å². The summed E-state index contributed by atoms with van der Waals surface area (Å²) in [5.41, 5.74) is 3.36. The number of para-hydroxylation sites is 1. The summed E-state index contributed by atoms with van der Waals surface area (Å²) in [6, 6.07) is 11.1. The number of fused-ring (bicyclic) bond motifs is 1. The van der Waals surface area contributed by atoms with Gasteiger partial charge in [0.1, 0.15) is 0 Å². The first-order valence-corrected chi connectivity index (χ1v) is 10.8. The summed E-state index contributed by atoms with van der Waals surface area (Å²) in [5, 5.41) is 3.48. The van der Waals surface area contributed by atoms with Crippen LogP contribution in [0.5, 0.6) is 0 Å². The number of pyridine rings is 1. The number of aromatic nitrogens is 2. The highest BCUT2D eigenvalue weighted by Gasteiger charge is 2.21. The predicted octanol–water partition coefficient (Wildman–Crippen LogP) is 2.93. The Morgan fingerprint density at radius 1 is 1.13 bits per heavy atom. The van der Waals surface area contributed by atoms with E-state index < -0.39 is 18.5 Å². The summed E-state index contributed by atoms with van der Waals surface area (Å²) in [4.78, 5) is 42.7. The number of amides is 2. The first-order valence-electron chi connectivity index (χ1n) is 9.60. The van der Waals surface area contributed by atoms with Crippen molar-refractivity contribution in [3.8, 4) is 0 Å². The van der Waals surface area contributed by atoms with Crippen LogP contribution >= 0.6 is 11.8 Å². The minimum Gasteiger partial charge on any atom is -0.451 e. The number of benzene rings is 1. The van der Waals surface area contributed by atoms with E-state index in [2.05, 4.69) is 10.3 Å². The average Bonchev–Trinajstić information content (AvgIpc) is 3.13. The summed E-state index contributed by atoms with van der Waals surface area (Å²) in [6.07, 6.45) is 3.66. The molecule has 2 amide bonds. The molecule has 8 nitrogen and oxygen atoms in total. The molecule has 1 aromatic carbocycles. The predicted molar refractivity (Wildman–Crippen MR) is 119 cm³/mol. The molecule has 0 aliphatic carbocycles. The molecule has 0 atom stereocenters. The van der Waals surface area contributed by atoms with Crippen molar-refractivity contribution < 1.29 is 19.1 Å². The van der Waals surface area contributed by atoms with Crippen LogP contribution in [0.25, 0.3) is 5.52 Å². The Hall–Kier alpha value is -3.33. The van der Waals surface area contributed by atoms with Gasteiger partial charge < -0.3 is 15.0 Å². The molecular weight excluding hydrogens is 416 g/mol. The van der Waals surface area contributed by atoms with Gasteiger partial charge >= 0.3 is 5.97 Å². The summed E-state index contributed by atoms with van der Waals surface area (Å²) in [6.45, 7) is 3.17. The van der Waals surface area contributed by atoms with Gasteiger partial charge in [0.25, 0.3) is 5.91 Å². The molecule has 0 aliphatic heterocycles. The normalized spacial score (nSPS) is 10.7. The van der Waals surface area contributed by atoms with Crippen LogP contribution in [-0.4, -0.2) is 58.5 Å². The maximum absolute atomic E-state index is 12.5. The van der Waals surface area contributed by atoms with E-state index in [1.54, 1.807) is 22.7 Å². The fourth-order valence-corrected chi connectivity index (χ4v) is 3.64. The molecule has 0 saturated carbocycles. The van der Waals surface area contributed by atoms with Crippen LogP contribution in [0.4, 0.5) is 5.69 Å². The standard InChI is InChI=1S/C22H24N4O4S/c1-14-8-7-9-15(2)19(14)23-17(27)12-25(3)18(28)13-30-21(29)20-16-10-5-6-11-26(16)22(24-20)31-4/h5-11H,12-13H2,1-4H3,(H,23,27). The van der Waals surface area contributed by atoms with Gasteiger partial charge in [0.2, 0.25) is 5.91 Å². The van der Waals surface area contributed by atoms with E-state index in [0.29, 0.717) is 10.7 Å². The van der Waals surface area contributed by atoms with E-state index in [0.717, 1.165) is 16.8 Å². The molecule has 0 unspecified atom stereocenters. The highest BCUT2D eigenvalue weighted by molar-refractivity contribution is 7.98. The minimum atomic E-state index is -0.689.